The van der Waals surface area contributed by atoms with Gasteiger partial charge in [-0.25, -0.2) is 0 Å². The number of ether oxygens (including phenoxy) is 2. The number of hydrogen-bond acceptors (Lipinski definition) is 4. The number of likely N-dealkylation sites (N-methyl/N-ethyl adjacent to an activating group) is 1. The Morgan fingerprint density at radius 2 is 1.68 bits per heavy atom. The predicted molar refractivity (Wildman–Crippen MR) is 123 cm³/mol. The Kier molecular flexibility index (Phi) is 8.75. The zero-order chi connectivity index (χ0) is 23.1. The summed E-state index contributed by atoms with van der Waals surface area (Å²) < 4.78 is 10.7. The highest BCUT2D eigenvalue weighted by Crippen LogP contribution is 2.31. The quantitative estimate of drug-likeness (QED) is 0.617. The highest BCUT2D eigenvalue weighted by atomic mass is 35.5. The molecule has 2 amide bonds. The molecule has 0 aromatic heterocycles. The summed E-state index contributed by atoms with van der Waals surface area (Å²) in [5.41, 5.74) is 2.40. The molecule has 1 N–H and O–H groups in total. The highest BCUT2D eigenvalue weighted by molar-refractivity contribution is 6.30. The molecule has 2 atom stereocenters. The molecule has 2 aromatic rings. The van der Waals surface area contributed by atoms with Crippen LogP contribution in [0.2, 0.25) is 5.02 Å². The average molecular weight is 447 g/mol. The normalized spacial score (nSPS) is 12.6. The number of hydrogen-bond donors (Lipinski definition) is 1. The molecule has 168 valence electrons. The number of methoxy groups -OCH3 is 2. The third-order valence-corrected chi connectivity index (χ3v) is 5.75. The van der Waals surface area contributed by atoms with Crippen molar-refractivity contribution in [2.24, 2.45) is 5.92 Å². The number of nitrogens with zero attached hydrogens (tertiary/aromatic N) is 1. The molecule has 0 aliphatic heterocycles. The average Bonchev–Trinajstić information content (AvgIpc) is 2.77. The van der Waals surface area contributed by atoms with E-state index in [4.69, 9.17) is 21.1 Å². The van der Waals surface area contributed by atoms with Crippen molar-refractivity contribution in [1.29, 1.82) is 0 Å². The Balaban J connectivity index is 2.21. The van der Waals surface area contributed by atoms with Crippen LogP contribution in [0.4, 0.5) is 0 Å². The molecule has 0 fully saturated rings. The number of carbonyl (C=O) groups excluding carboxylic acids is 2. The number of benzene rings is 2. The topological polar surface area (TPSA) is 67.9 Å². The lowest BCUT2D eigenvalue weighted by Crippen LogP contribution is -2.50. The van der Waals surface area contributed by atoms with Crippen LogP contribution in [0.1, 0.15) is 41.8 Å². The fourth-order valence-electron chi connectivity index (χ4n) is 3.27. The van der Waals surface area contributed by atoms with Gasteiger partial charge in [0.1, 0.15) is 6.04 Å². The third-order valence-electron chi connectivity index (χ3n) is 5.50. The Morgan fingerprint density at radius 3 is 2.23 bits per heavy atom. The molecule has 0 aliphatic carbocycles. The Hall–Kier alpha value is -2.73. The van der Waals surface area contributed by atoms with Gasteiger partial charge in [0.15, 0.2) is 11.5 Å². The molecule has 2 aromatic carbocycles. The van der Waals surface area contributed by atoms with Gasteiger partial charge in [0.05, 0.1) is 14.2 Å². The van der Waals surface area contributed by atoms with E-state index in [1.54, 1.807) is 50.4 Å². The molecular weight excluding hydrogens is 416 g/mol. The van der Waals surface area contributed by atoms with Crippen LogP contribution < -0.4 is 14.8 Å². The van der Waals surface area contributed by atoms with E-state index >= 15 is 0 Å². The summed E-state index contributed by atoms with van der Waals surface area (Å²) in [6.45, 7) is 6.30. The zero-order valence-electron chi connectivity index (χ0n) is 19.0. The van der Waals surface area contributed by atoms with Crippen LogP contribution in [0.5, 0.6) is 11.5 Å². The Bertz CT molecular complexity index is 915. The largest absolute Gasteiger partial charge is 0.493 e. The van der Waals surface area contributed by atoms with E-state index in [-0.39, 0.29) is 17.7 Å². The molecule has 0 saturated carbocycles. The minimum Gasteiger partial charge on any atom is -0.493 e. The van der Waals surface area contributed by atoms with Gasteiger partial charge >= 0.3 is 0 Å². The molecule has 0 aliphatic rings. The fraction of sp³-hybridized carbons (Fsp3) is 0.417. The first-order valence-electron chi connectivity index (χ1n) is 10.2. The van der Waals surface area contributed by atoms with Crippen molar-refractivity contribution in [2.75, 3.05) is 21.3 Å². The molecule has 0 heterocycles. The van der Waals surface area contributed by atoms with Crippen LogP contribution in [0.3, 0.4) is 0 Å². The molecule has 0 spiro atoms. The molecular formula is C24H31ClN2O4. The predicted octanol–water partition coefficient (Wildman–Crippen LogP) is 4.47. The molecule has 0 saturated heterocycles. The lowest BCUT2D eigenvalue weighted by molar-refractivity contribution is -0.133. The van der Waals surface area contributed by atoms with Crippen molar-refractivity contribution in [3.8, 4) is 11.5 Å². The third kappa shape index (κ3) is 6.14. The first-order chi connectivity index (χ1) is 14.7. The summed E-state index contributed by atoms with van der Waals surface area (Å²) in [4.78, 5) is 27.6. The summed E-state index contributed by atoms with van der Waals surface area (Å²) in [6, 6.07) is 9.73. The van der Waals surface area contributed by atoms with E-state index < -0.39 is 6.04 Å². The monoisotopic (exact) mass is 446 g/mol. The zero-order valence-corrected chi connectivity index (χ0v) is 19.7. The van der Waals surface area contributed by atoms with Crippen molar-refractivity contribution in [1.82, 2.24) is 10.2 Å². The molecule has 2 rings (SSSR count). The number of amides is 2. The van der Waals surface area contributed by atoms with Crippen LogP contribution in [-0.2, 0) is 11.3 Å². The molecule has 2 unspecified atom stereocenters. The number of carbonyl (C=O) groups is 2. The maximum absolute atomic E-state index is 13.3. The maximum Gasteiger partial charge on any atom is 0.251 e. The number of halogens is 1. The smallest absolute Gasteiger partial charge is 0.251 e. The summed E-state index contributed by atoms with van der Waals surface area (Å²) in [5.74, 6) is 0.776. The molecule has 0 bridgehead atoms. The molecule has 6 nitrogen and oxygen atoms in total. The minimum absolute atomic E-state index is 0.0299. The number of nitrogens with one attached hydrogen (secondary N) is 1. The lowest BCUT2D eigenvalue weighted by Gasteiger charge is -2.29. The first kappa shape index (κ1) is 24.5. The Morgan fingerprint density at radius 1 is 1.10 bits per heavy atom. The van der Waals surface area contributed by atoms with Crippen LogP contribution in [0.15, 0.2) is 36.4 Å². The van der Waals surface area contributed by atoms with E-state index in [9.17, 15) is 9.59 Å². The van der Waals surface area contributed by atoms with Gasteiger partial charge in [-0.3, -0.25) is 9.59 Å². The van der Waals surface area contributed by atoms with Gasteiger partial charge in [-0.15, -0.1) is 0 Å². The van der Waals surface area contributed by atoms with Crippen LogP contribution in [0.25, 0.3) is 0 Å². The second-order valence-corrected chi connectivity index (χ2v) is 8.11. The van der Waals surface area contributed by atoms with Gasteiger partial charge in [0.25, 0.3) is 5.91 Å². The van der Waals surface area contributed by atoms with Crippen molar-refractivity contribution < 1.29 is 19.1 Å². The van der Waals surface area contributed by atoms with Gasteiger partial charge in [-0.05, 0) is 60.4 Å². The van der Waals surface area contributed by atoms with Crippen LogP contribution in [-0.4, -0.2) is 44.0 Å². The molecule has 0 radical (unpaired) electrons. The van der Waals surface area contributed by atoms with Gasteiger partial charge < -0.3 is 19.7 Å². The van der Waals surface area contributed by atoms with Gasteiger partial charge in [0, 0.05) is 24.2 Å². The van der Waals surface area contributed by atoms with Gasteiger partial charge in [-0.1, -0.05) is 31.9 Å². The number of rotatable bonds is 9. The van der Waals surface area contributed by atoms with Gasteiger partial charge in [-0.2, -0.15) is 0 Å². The van der Waals surface area contributed by atoms with Gasteiger partial charge in [0.2, 0.25) is 5.91 Å². The van der Waals surface area contributed by atoms with Crippen LogP contribution >= 0.6 is 11.6 Å². The summed E-state index contributed by atoms with van der Waals surface area (Å²) in [5, 5.41) is 3.46. The molecule has 7 heteroatoms. The number of aryl methyl sites for hydroxylation is 1. The highest BCUT2D eigenvalue weighted by Gasteiger charge is 2.29. The van der Waals surface area contributed by atoms with E-state index in [1.807, 2.05) is 32.9 Å². The second kappa shape index (κ2) is 11.0. The van der Waals surface area contributed by atoms with Crippen molar-refractivity contribution in [2.45, 2.75) is 39.8 Å². The standard InChI is InChI=1S/C24H31ClN2O4/c1-7-15(2)22(26-23(28)17-8-10-19(25)11-9-17)24(29)27(4)14-18-13-21(31-6)20(30-5)12-16(18)3/h8-13,15,22H,7,14H2,1-6H3,(H,26,28). The van der Waals surface area contributed by atoms with E-state index in [0.29, 0.717) is 28.6 Å². The lowest BCUT2D eigenvalue weighted by atomic mass is 9.97. The summed E-state index contributed by atoms with van der Waals surface area (Å²) in [7, 11) is 4.91. The first-order valence-corrected chi connectivity index (χ1v) is 10.6. The van der Waals surface area contributed by atoms with E-state index in [2.05, 4.69) is 5.32 Å². The van der Waals surface area contributed by atoms with Crippen molar-refractivity contribution >= 4 is 23.4 Å². The van der Waals surface area contributed by atoms with Crippen molar-refractivity contribution in [3.05, 3.63) is 58.1 Å². The van der Waals surface area contributed by atoms with Crippen LogP contribution in [0, 0.1) is 12.8 Å². The van der Waals surface area contributed by atoms with E-state index in [1.165, 1.54) is 0 Å². The fourth-order valence-corrected chi connectivity index (χ4v) is 3.40. The summed E-state index contributed by atoms with van der Waals surface area (Å²) >= 11 is 5.91. The SMILES string of the molecule is CCC(C)C(NC(=O)c1ccc(Cl)cc1)C(=O)N(C)Cc1cc(OC)c(OC)cc1C. The van der Waals surface area contributed by atoms with E-state index in [0.717, 1.165) is 17.5 Å². The second-order valence-electron chi connectivity index (χ2n) is 7.67. The maximum atomic E-state index is 13.3. The minimum atomic E-state index is -0.640. The Labute approximate surface area is 189 Å². The van der Waals surface area contributed by atoms with Crippen molar-refractivity contribution in [3.63, 3.8) is 0 Å². The summed E-state index contributed by atoms with van der Waals surface area (Å²) in [6.07, 6.45) is 0.751. The molecule has 31 heavy (non-hydrogen) atoms.